The fraction of sp³-hybridized carbons (Fsp3) is 0.438. The monoisotopic (exact) mass is 548 g/mol. The molecule has 2 aromatic carbocycles. The molecule has 2 atom stereocenters. The second kappa shape index (κ2) is 12.8. The molecule has 1 aromatic heterocycles. The Labute approximate surface area is 234 Å². The quantitative estimate of drug-likeness (QED) is 0.250. The molecule has 0 radical (unpaired) electrons. The summed E-state index contributed by atoms with van der Waals surface area (Å²) in [6.07, 6.45) is 2.46. The van der Waals surface area contributed by atoms with Crippen molar-refractivity contribution in [1.29, 1.82) is 0 Å². The molecular formula is C32H44N2O4Si. The van der Waals surface area contributed by atoms with E-state index in [1.54, 1.807) is 17.7 Å². The number of hydrogen-bond donors (Lipinski definition) is 1. The minimum Gasteiger partial charge on any atom is -0.465 e. The van der Waals surface area contributed by atoms with Crippen LogP contribution < -0.4 is 5.56 Å². The first-order chi connectivity index (χ1) is 18.3. The fourth-order valence-electron chi connectivity index (χ4n) is 4.52. The highest BCUT2D eigenvalue weighted by atomic mass is 28.4. The number of benzene rings is 2. The van der Waals surface area contributed by atoms with Gasteiger partial charge in [0.25, 0.3) is 0 Å². The Morgan fingerprint density at radius 2 is 1.56 bits per heavy atom. The van der Waals surface area contributed by atoms with Crippen molar-refractivity contribution in [2.75, 3.05) is 13.2 Å². The summed E-state index contributed by atoms with van der Waals surface area (Å²) < 4.78 is 8.02. The van der Waals surface area contributed by atoms with Gasteiger partial charge in [-0.2, -0.15) is 0 Å². The number of hydrogen-bond acceptors (Lipinski definition) is 3. The van der Waals surface area contributed by atoms with Gasteiger partial charge in [0.15, 0.2) is 8.32 Å². The molecule has 3 aromatic rings. The van der Waals surface area contributed by atoms with Crippen LogP contribution >= 0.6 is 0 Å². The SMILES string of the molecule is C[C@@H](c1ccc(-c2ccc(=O)n(C)c2)cc1)N(CC[C@H](CCO[Si](C)(C)C(C)(C)C)c1ccccc1)C(=O)O. The van der Waals surface area contributed by atoms with E-state index in [9.17, 15) is 14.7 Å². The van der Waals surface area contributed by atoms with Crippen LogP contribution in [-0.2, 0) is 11.5 Å². The lowest BCUT2D eigenvalue weighted by molar-refractivity contribution is 0.125. The third-order valence-corrected chi connectivity index (χ3v) is 12.8. The van der Waals surface area contributed by atoms with E-state index in [-0.39, 0.29) is 22.6 Å². The van der Waals surface area contributed by atoms with E-state index in [1.807, 2.05) is 61.7 Å². The zero-order valence-electron chi connectivity index (χ0n) is 24.5. The first-order valence-corrected chi connectivity index (χ1v) is 16.7. The van der Waals surface area contributed by atoms with E-state index in [0.29, 0.717) is 13.2 Å². The van der Waals surface area contributed by atoms with Crippen LogP contribution in [0.25, 0.3) is 11.1 Å². The van der Waals surface area contributed by atoms with Crippen LogP contribution in [0.2, 0.25) is 18.1 Å². The van der Waals surface area contributed by atoms with Gasteiger partial charge in [0, 0.05) is 32.5 Å². The largest absolute Gasteiger partial charge is 0.465 e. The summed E-state index contributed by atoms with van der Waals surface area (Å²) in [6.45, 7) is 14.3. The number of rotatable bonds is 11. The second-order valence-corrected chi connectivity index (χ2v) is 16.7. The molecule has 39 heavy (non-hydrogen) atoms. The molecule has 0 fully saturated rings. The normalized spacial score (nSPS) is 13.6. The van der Waals surface area contributed by atoms with E-state index in [4.69, 9.17) is 4.43 Å². The first kappa shape index (κ1) is 30.4. The Morgan fingerprint density at radius 1 is 0.949 bits per heavy atom. The van der Waals surface area contributed by atoms with Crippen molar-refractivity contribution < 1.29 is 14.3 Å². The predicted octanol–water partition coefficient (Wildman–Crippen LogP) is 7.68. The summed E-state index contributed by atoms with van der Waals surface area (Å²) in [4.78, 5) is 25.6. The summed E-state index contributed by atoms with van der Waals surface area (Å²) in [5, 5.41) is 10.3. The number of aryl methyl sites for hydroxylation is 1. The molecule has 3 rings (SSSR count). The van der Waals surface area contributed by atoms with Crippen molar-refractivity contribution in [3.8, 4) is 11.1 Å². The van der Waals surface area contributed by atoms with Crippen LogP contribution in [0.5, 0.6) is 0 Å². The third-order valence-electron chi connectivity index (χ3n) is 8.25. The minimum absolute atomic E-state index is 0.0542. The van der Waals surface area contributed by atoms with Crippen molar-refractivity contribution in [3.05, 3.63) is 94.4 Å². The first-order valence-electron chi connectivity index (χ1n) is 13.8. The van der Waals surface area contributed by atoms with Crippen LogP contribution in [0.3, 0.4) is 0 Å². The molecule has 0 unspecified atom stereocenters. The lowest BCUT2D eigenvalue weighted by atomic mass is 9.92. The van der Waals surface area contributed by atoms with Crippen LogP contribution in [0, 0.1) is 0 Å². The smallest absolute Gasteiger partial charge is 0.407 e. The number of aromatic nitrogens is 1. The number of pyridine rings is 1. The van der Waals surface area contributed by atoms with Crippen LogP contribution in [-0.4, -0.2) is 42.1 Å². The topological polar surface area (TPSA) is 71.8 Å². The molecule has 210 valence electrons. The molecule has 0 saturated carbocycles. The highest BCUT2D eigenvalue weighted by Crippen LogP contribution is 2.37. The van der Waals surface area contributed by atoms with E-state index < -0.39 is 14.4 Å². The lowest BCUT2D eigenvalue weighted by Gasteiger charge is -2.36. The second-order valence-electron chi connectivity index (χ2n) is 11.9. The van der Waals surface area contributed by atoms with Gasteiger partial charge in [-0.1, -0.05) is 75.4 Å². The lowest BCUT2D eigenvalue weighted by Crippen LogP contribution is -2.41. The molecule has 0 aliphatic heterocycles. The van der Waals surface area contributed by atoms with Gasteiger partial charge < -0.3 is 19.0 Å². The molecule has 7 heteroatoms. The van der Waals surface area contributed by atoms with Gasteiger partial charge >= 0.3 is 6.09 Å². The van der Waals surface area contributed by atoms with Crippen molar-refractivity contribution >= 4 is 14.4 Å². The highest BCUT2D eigenvalue weighted by molar-refractivity contribution is 6.74. The number of carboxylic acid groups (broad SMARTS) is 1. The zero-order valence-corrected chi connectivity index (χ0v) is 25.5. The average molecular weight is 549 g/mol. The maximum absolute atomic E-state index is 12.4. The zero-order chi connectivity index (χ0) is 28.8. The van der Waals surface area contributed by atoms with Gasteiger partial charge in [0.05, 0.1) is 6.04 Å². The van der Waals surface area contributed by atoms with Crippen LogP contribution in [0.4, 0.5) is 4.79 Å². The van der Waals surface area contributed by atoms with Gasteiger partial charge in [-0.05, 0) is 72.1 Å². The van der Waals surface area contributed by atoms with E-state index in [1.165, 1.54) is 10.5 Å². The van der Waals surface area contributed by atoms with Crippen LogP contribution in [0.15, 0.2) is 77.7 Å². The minimum atomic E-state index is -1.85. The summed E-state index contributed by atoms with van der Waals surface area (Å²) >= 11 is 0. The van der Waals surface area contributed by atoms with Gasteiger partial charge in [0.2, 0.25) is 5.56 Å². The van der Waals surface area contributed by atoms with Crippen molar-refractivity contribution in [3.63, 3.8) is 0 Å². The Balaban J connectivity index is 1.72. The molecule has 1 N–H and O–H groups in total. The highest BCUT2D eigenvalue weighted by Gasteiger charge is 2.37. The number of amides is 1. The summed E-state index contributed by atoms with van der Waals surface area (Å²) in [5.41, 5.74) is 4.02. The molecule has 1 heterocycles. The Morgan fingerprint density at radius 3 is 2.13 bits per heavy atom. The van der Waals surface area contributed by atoms with Crippen molar-refractivity contribution in [2.24, 2.45) is 7.05 Å². The molecule has 0 saturated heterocycles. The Hall–Kier alpha value is -3.16. The van der Waals surface area contributed by atoms with E-state index >= 15 is 0 Å². The summed E-state index contributed by atoms with van der Waals surface area (Å²) in [6, 6.07) is 21.3. The van der Waals surface area contributed by atoms with E-state index in [0.717, 1.165) is 29.5 Å². The van der Waals surface area contributed by atoms with Gasteiger partial charge in [-0.15, -0.1) is 0 Å². The standard InChI is InChI=1S/C32H44N2O4Si/c1-24(25-13-15-27(16-14-25)29-17-18-30(35)33(5)23-29)34(31(36)37)21-19-28(26-11-9-8-10-12-26)20-22-38-39(6,7)32(2,3)4/h8-18,23-24,28H,19-22H2,1-7H3,(H,36,37)/t24-,28+/m0/s1. The van der Waals surface area contributed by atoms with Crippen LogP contribution in [0.1, 0.15) is 63.6 Å². The molecule has 6 nitrogen and oxygen atoms in total. The Bertz CT molecular complexity index is 1280. The van der Waals surface area contributed by atoms with E-state index in [2.05, 4.69) is 46.0 Å². The Kier molecular flexibility index (Phi) is 9.97. The summed E-state index contributed by atoms with van der Waals surface area (Å²) in [5.74, 6) is 0.206. The maximum atomic E-state index is 12.4. The third kappa shape index (κ3) is 7.93. The molecular weight excluding hydrogens is 504 g/mol. The fourth-order valence-corrected chi connectivity index (χ4v) is 5.59. The molecule has 0 spiro atoms. The average Bonchev–Trinajstić information content (AvgIpc) is 2.89. The van der Waals surface area contributed by atoms with Crippen molar-refractivity contribution in [2.45, 2.75) is 70.6 Å². The molecule has 0 bridgehead atoms. The molecule has 0 aliphatic rings. The maximum Gasteiger partial charge on any atom is 0.407 e. The summed E-state index contributed by atoms with van der Waals surface area (Å²) in [7, 11) is -0.123. The van der Waals surface area contributed by atoms with Gasteiger partial charge in [0.1, 0.15) is 0 Å². The number of nitrogens with zero attached hydrogens (tertiary/aromatic N) is 2. The number of carbonyl (C=O) groups is 1. The molecule has 1 amide bonds. The van der Waals surface area contributed by atoms with Crippen molar-refractivity contribution in [1.82, 2.24) is 9.47 Å². The van der Waals surface area contributed by atoms with Gasteiger partial charge in [-0.3, -0.25) is 4.79 Å². The molecule has 0 aliphatic carbocycles. The predicted molar refractivity (Wildman–Crippen MR) is 162 cm³/mol. The van der Waals surface area contributed by atoms with Gasteiger partial charge in [-0.25, -0.2) is 4.79 Å².